The number of amides is 1. The molecule has 1 aliphatic rings. The van der Waals surface area contributed by atoms with E-state index >= 15 is 0 Å². The van der Waals surface area contributed by atoms with E-state index < -0.39 is 0 Å². The van der Waals surface area contributed by atoms with Gasteiger partial charge in [-0.2, -0.15) is 0 Å². The summed E-state index contributed by atoms with van der Waals surface area (Å²) in [5.74, 6) is 0.0154. The first-order valence-electron chi connectivity index (χ1n) is 9.14. The van der Waals surface area contributed by atoms with Gasteiger partial charge in [0, 0.05) is 5.69 Å². The van der Waals surface area contributed by atoms with Crippen molar-refractivity contribution in [2.75, 3.05) is 23.4 Å². The average Bonchev–Trinajstić information content (AvgIpc) is 2.68. The highest BCUT2D eigenvalue weighted by molar-refractivity contribution is 7.80. The molecule has 0 atom stereocenters. The summed E-state index contributed by atoms with van der Waals surface area (Å²) in [4.78, 5) is 25.8. The summed E-state index contributed by atoms with van der Waals surface area (Å²) in [7, 11) is 0. The van der Waals surface area contributed by atoms with Gasteiger partial charge in [0.1, 0.15) is 5.75 Å². The third kappa shape index (κ3) is 4.48. The standard InChI is InChI=1S/C21H22N2O4S/c1-3-4-11-26-20(25)15-6-8-16(9-7-15)22-21(28)23-17-12-14(2)5-10-18(17)27-13-19(23)24/h5-10,12H,3-4,11,13H2,1-2H3,(H,22,28). The minimum atomic E-state index is -0.352. The van der Waals surface area contributed by atoms with Crippen molar-refractivity contribution in [3.05, 3.63) is 53.6 Å². The Bertz CT molecular complexity index is 896. The van der Waals surface area contributed by atoms with Gasteiger partial charge in [0.15, 0.2) is 11.7 Å². The van der Waals surface area contributed by atoms with Crippen LogP contribution in [0.4, 0.5) is 11.4 Å². The molecule has 2 aromatic carbocycles. The van der Waals surface area contributed by atoms with Crippen molar-refractivity contribution in [1.29, 1.82) is 0 Å². The number of aryl methyl sites for hydroxylation is 1. The van der Waals surface area contributed by atoms with Gasteiger partial charge >= 0.3 is 5.97 Å². The molecule has 146 valence electrons. The highest BCUT2D eigenvalue weighted by Crippen LogP contribution is 2.33. The predicted octanol–water partition coefficient (Wildman–Crippen LogP) is 4.07. The lowest BCUT2D eigenvalue weighted by molar-refractivity contribution is -0.120. The summed E-state index contributed by atoms with van der Waals surface area (Å²) >= 11 is 5.45. The molecule has 0 aromatic heterocycles. The van der Waals surface area contributed by atoms with Crippen LogP contribution in [0.25, 0.3) is 0 Å². The molecule has 0 saturated heterocycles. The van der Waals surface area contributed by atoms with Gasteiger partial charge in [-0.05, 0) is 67.5 Å². The van der Waals surface area contributed by atoms with Crippen molar-refractivity contribution >= 4 is 40.6 Å². The van der Waals surface area contributed by atoms with E-state index in [0.29, 0.717) is 29.3 Å². The predicted molar refractivity (Wildman–Crippen MR) is 112 cm³/mol. The number of hydrogen-bond donors (Lipinski definition) is 1. The zero-order valence-corrected chi connectivity index (χ0v) is 16.7. The fraction of sp³-hybridized carbons (Fsp3) is 0.286. The van der Waals surface area contributed by atoms with Crippen molar-refractivity contribution in [2.45, 2.75) is 26.7 Å². The van der Waals surface area contributed by atoms with E-state index in [1.165, 1.54) is 4.90 Å². The van der Waals surface area contributed by atoms with Crippen LogP contribution in [0.1, 0.15) is 35.7 Å². The molecule has 1 heterocycles. The Morgan fingerprint density at radius 1 is 1.25 bits per heavy atom. The largest absolute Gasteiger partial charge is 0.482 e. The maximum absolute atomic E-state index is 12.4. The number of nitrogens with zero attached hydrogens (tertiary/aromatic N) is 1. The molecule has 0 radical (unpaired) electrons. The Morgan fingerprint density at radius 3 is 2.71 bits per heavy atom. The van der Waals surface area contributed by atoms with Crippen molar-refractivity contribution in [3.8, 4) is 5.75 Å². The average molecular weight is 398 g/mol. The van der Waals surface area contributed by atoms with Gasteiger partial charge in [0.2, 0.25) is 0 Å². The molecule has 28 heavy (non-hydrogen) atoms. The second kappa shape index (κ2) is 8.84. The fourth-order valence-electron chi connectivity index (χ4n) is 2.75. The number of esters is 1. The van der Waals surface area contributed by atoms with E-state index in [0.717, 1.165) is 18.4 Å². The van der Waals surface area contributed by atoms with E-state index in [2.05, 4.69) is 5.32 Å². The molecule has 6 nitrogen and oxygen atoms in total. The summed E-state index contributed by atoms with van der Waals surface area (Å²) < 4.78 is 10.7. The van der Waals surface area contributed by atoms with Gasteiger partial charge in [0.05, 0.1) is 17.9 Å². The molecule has 0 bridgehead atoms. The molecule has 3 rings (SSSR count). The Labute approximate surface area is 169 Å². The molecule has 0 saturated carbocycles. The lowest BCUT2D eigenvalue weighted by Crippen LogP contribution is -2.45. The molecule has 1 N–H and O–H groups in total. The van der Waals surface area contributed by atoms with Crippen LogP contribution in [0.5, 0.6) is 5.75 Å². The van der Waals surface area contributed by atoms with Crippen LogP contribution in [0.15, 0.2) is 42.5 Å². The van der Waals surface area contributed by atoms with Crippen molar-refractivity contribution in [3.63, 3.8) is 0 Å². The minimum absolute atomic E-state index is 0.0690. The number of unbranched alkanes of at least 4 members (excludes halogenated alkanes) is 1. The lowest BCUT2D eigenvalue weighted by Gasteiger charge is -2.30. The topological polar surface area (TPSA) is 67.9 Å². The van der Waals surface area contributed by atoms with Crippen LogP contribution in [0, 0.1) is 6.92 Å². The maximum Gasteiger partial charge on any atom is 0.338 e. The van der Waals surface area contributed by atoms with Gasteiger partial charge in [-0.15, -0.1) is 0 Å². The number of hydrogen-bond acceptors (Lipinski definition) is 5. The quantitative estimate of drug-likeness (QED) is 0.465. The zero-order chi connectivity index (χ0) is 20.1. The Balaban J connectivity index is 1.71. The summed E-state index contributed by atoms with van der Waals surface area (Å²) in [5, 5.41) is 3.30. The zero-order valence-electron chi connectivity index (χ0n) is 15.9. The van der Waals surface area contributed by atoms with Crippen molar-refractivity contribution in [1.82, 2.24) is 0 Å². The number of carbonyl (C=O) groups is 2. The smallest absolute Gasteiger partial charge is 0.338 e. The van der Waals surface area contributed by atoms with Gasteiger partial charge in [0.25, 0.3) is 5.91 Å². The number of ether oxygens (including phenoxy) is 2. The van der Waals surface area contributed by atoms with Crippen LogP contribution >= 0.6 is 12.2 Å². The summed E-state index contributed by atoms with van der Waals surface area (Å²) in [6, 6.07) is 12.4. The van der Waals surface area contributed by atoms with E-state index in [4.69, 9.17) is 21.7 Å². The maximum atomic E-state index is 12.4. The number of rotatable bonds is 5. The molecule has 0 spiro atoms. The fourth-order valence-corrected chi connectivity index (χ4v) is 3.06. The van der Waals surface area contributed by atoms with Gasteiger partial charge in [-0.3, -0.25) is 9.69 Å². The lowest BCUT2D eigenvalue weighted by atomic mass is 10.1. The Hall–Kier alpha value is -2.93. The molecule has 0 fully saturated rings. The second-order valence-electron chi connectivity index (χ2n) is 6.49. The normalized spacial score (nSPS) is 12.8. The van der Waals surface area contributed by atoms with E-state index in [1.807, 2.05) is 32.0 Å². The number of thiocarbonyl (C=S) groups is 1. The van der Waals surface area contributed by atoms with Crippen LogP contribution in [0.2, 0.25) is 0 Å². The van der Waals surface area contributed by atoms with Crippen LogP contribution in [0.3, 0.4) is 0 Å². The highest BCUT2D eigenvalue weighted by atomic mass is 32.1. The monoisotopic (exact) mass is 398 g/mol. The number of fused-ring (bicyclic) bond motifs is 1. The minimum Gasteiger partial charge on any atom is -0.482 e. The molecule has 1 aliphatic heterocycles. The highest BCUT2D eigenvalue weighted by Gasteiger charge is 2.29. The molecular weight excluding hydrogens is 376 g/mol. The molecule has 0 aliphatic carbocycles. The summed E-state index contributed by atoms with van der Waals surface area (Å²) in [6.07, 6.45) is 1.81. The van der Waals surface area contributed by atoms with Crippen LogP contribution in [-0.2, 0) is 9.53 Å². The van der Waals surface area contributed by atoms with Gasteiger partial charge in [-0.25, -0.2) is 4.79 Å². The van der Waals surface area contributed by atoms with E-state index in [9.17, 15) is 9.59 Å². The first-order chi connectivity index (χ1) is 13.5. The third-order valence-corrected chi connectivity index (χ3v) is 4.55. The number of carbonyl (C=O) groups excluding carboxylic acids is 2. The molecular formula is C21H22N2O4S. The number of nitrogens with one attached hydrogen (secondary N) is 1. The Morgan fingerprint density at radius 2 is 2.00 bits per heavy atom. The first-order valence-corrected chi connectivity index (χ1v) is 9.55. The van der Waals surface area contributed by atoms with Gasteiger partial charge in [-0.1, -0.05) is 19.4 Å². The van der Waals surface area contributed by atoms with Crippen LogP contribution in [-0.4, -0.2) is 30.2 Å². The van der Waals surface area contributed by atoms with Gasteiger partial charge < -0.3 is 14.8 Å². The van der Waals surface area contributed by atoms with Crippen molar-refractivity contribution < 1.29 is 19.1 Å². The number of benzene rings is 2. The second-order valence-corrected chi connectivity index (χ2v) is 6.87. The molecule has 0 unspecified atom stereocenters. The van der Waals surface area contributed by atoms with Crippen molar-refractivity contribution in [2.24, 2.45) is 0 Å². The summed E-state index contributed by atoms with van der Waals surface area (Å²) in [5.41, 5.74) is 2.75. The Kier molecular flexibility index (Phi) is 6.26. The molecule has 7 heteroatoms. The third-order valence-electron chi connectivity index (χ3n) is 4.26. The molecule has 1 amide bonds. The summed E-state index contributed by atoms with van der Waals surface area (Å²) in [6.45, 7) is 4.32. The van der Waals surface area contributed by atoms with Crippen LogP contribution < -0.4 is 15.0 Å². The van der Waals surface area contributed by atoms with E-state index in [-0.39, 0.29) is 23.6 Å². The van der Waals surface area contributed by atoms with E-state index in [1.54, 1.807) is 24.3 Å². The first kappa shape index (κ1) is 19.8. The SMILES string of the molecule is CCCCOC(=O)c1ccc(NC(=S)N2C(=O)COc3ccc(C)cc32)cc1. The molecule has 2 aromatic rings. The number of anilines is 2.